The molecule has 0 radical (unpaired) electrons. The third-order valence-corrected chi connectivity index (χ3v) is 3.80. The number of pyridine rings is 1. The molecule has 2 N–H and O–H groups in total. The number of fused-ring (bicyclic) bond motifs is 1. The zero-order valence-corrected chi connectivity index (χ0v) is 14.0. The van der Waals surface area contributed by atoms with Crippen molar-refractivity contribution in [2.24, 2.45) is 7.05 Å². The number of hydrogen-bond donors (Lipinski definition) is 2. The zero-order chi connectivity index (χ0) is 17.9. The molecule has 26 heavy (non-hydrogen) atoms. The number of hydrogen-bond acceptors (Lipinski definition) is 5. The highest BCUT2D eigenvalue weighted by atomic mass is 16.3. The van der Waals surface area contributed by atoms with Crippen LogP contribution in [0.15, 0.2) is 59.5 Å². The first-order valence-corrected chi connectivity index (χ1v) is 8.01. The Balaban J connectivity index is 1.46. The van der Waals surface area contributed by atoms with Gasteiger partial charge in [-0.15, -0.1) is 0 Å². The summed E-state index contributed by atoms with van der Waals surface area (Å²) in [6.45, 7) is 0.421. The van der Waals surface area contributed by atoms with Gasteiger partial charge in [-0.05, 0) is 29.8 Å². The number of carbonyl (C=O) groups excluding carboxylic acids is 1. The van der Waals surface area contributed by atoms with Crippen LogP contribution in [0, 0.1) is 0 Å². The molecule has 2 amide bonds. The van der Waals surface area contributed by atoms with E-state index in [1.807, 2.05) is 25.4 Å². The van der Waals surface area contributed by atoms with E-state index in [2.05, 4.69) is 25.7 Å². The van der Waals surface area contributed by atoms with Gasteiger partial charge in [0.05, 0.1) is 11.8 Å². The number of urea groups is 1. The maximum atomic E-state index is 12.1. The van der Waals surface area contributed by atoms with Crippen molar-refractivity contribution >= 4 is 22.8 Å². The second-order valence-corrected chi connectivity index (χ2v) is 5.77. The fourth-order valence-corrected chi connectivity index (χ4v) is 2.52. The van der Waals surface area contributed by atoms with Crippen LogP contribution in [0.2, 0.25) is 0 Å². The molecule has 0 spiro atoms. The van der Waals surface area contributed by atoms with Gasteiger partial charge < -0.3 is 15.1 Å². The van der Waals surface area contributed by atoms with Gasteiger partial charge in [0.15, 0.2) is 5.58 Å². The van der Waals surface area contributed by atoms with E-state index in [-0.39, 0.29) is 6.03 Å². The predicted octanol–water partition coefficient (Wildman–Crippen LogP) is 2.95. The van der Waals surface area contributed by atoms with Crippen LogP contribution in [-0.2, 0) is 13.6 Å². The Morgan fingerprint density at radius 2 is 2.08 bits per heavy atom. The lowest BCUT2D eigenvalue weighted by Crippen LogP contribution is -2.28. The number of oxazole rings is 1. The summed E-state index contributed by atoms with van der Waals surface area (Å²) in [5, 5.41) is 9.69. The lowest BCUT2D eigenvalue weighted by Gasteiger charge is -2.07. The van der Waals surface area contributed by atoms with Crippen molar-refractivity contribution in [3.8, 4) is 11.5 Å². The van der Waals surface area contributed by atoms with E-state index in [1.165, 1.54) is 0 Å². The Kier molecular flexibility index (Phi) is 4.06. The summed E-state index contributed by atoms with van der Waals surface area (Å²) < 4.78 is 7.46. The first-order valence-electron chi connectivity index (χ1n) is 8.01. The van der Waals surface area contributed by atoms with Crippen LogP contribution in [0.1, 0.15) is 5.56 Å². The molecule has 130 valence electrons. The molecule has 1 aromatic carbocycles. The Morgan fingerprint density at radius 1 is 1.23 bits per heavy atom. The molecule has 0 unspecified atom stereocenters. The van der Waals surface area contributed by atoms with Crippen LogP contribution < -0.4 is 10.6 Å². The average molecular weight is 348 g/mol. The van der Waals surface area contributed by atoms with Gasteiger partial charge in [-0.3, -0.25) is 9.67 Å². The van der Waals surface area contributed by atoms with Gasteiger partial charge in [0.1, 0.15) is 5.52 Å². The molecule has 0 saturated heterocycles. The molecule has 0 bridgehead atoms. The van der Waals surface area contributed by atoms with E-state index in [1.54, 1.807) is 41.5 Å². The highest BCUT2D eigenvalue weighted by Crippen LogP contribution is 2.25. The van der Waals surface area contributed by atoms with Gasteiger partial charge in [0, 0.05) is 43.9 Å². The number of nitrogens with one attached hydrogen (secondary N) is 2. The van der Waals surface area contributed by atoms with E-state index < -0.39 is 0 Å². The number of rotatable bonds is 4. The Labute approximate surface area is 148 Å². The number of aromatic nitrogens is 4. The number of benzene rings is 1. The minimum atomic E-state index is -0.298. The Bertz CT molecular complexity index is 1050. The van der Waals surface area contributed by atoms with Gasteiger partial charge in [-0.25, -0.2) is 9.78 Å². The topological polar surface area (TPSA) is 97.9 Å². The lowest BCUT2D eigenvalue weighted by atomic mass is 10.3. The zero-order valence-electron chi connectivity index (χ0n) is 14.0. The first-order chi connectivity index (χ1) is 12.7. The quantitative estimate of drug-likeness (QED) is 0.591. The predicted molar refractivity (Wildman–Crippen MR) is 96.3 cm³/mol. The number of carbonyl (C=O) groups is 1. The molecule has 0 atom stereocenters. The van der Waals surface area contributed by atoms with Crippen molar-refractivity contribution in [1.82, 2.24) is 25.1 Å². The summed E-state index contributed by atoms with van der Waals surface area (Å²) >= 11 is 0. The monoisotopic (exact) mass is 348 g/mol. The van der Waals surface area contributed by atoms with Gasteiger partial charge in [0.2, 0.25) is 5.89 Å². The molecule has 8 heteroatoms. The number of anilines is 1. The van der Waals surface area contributed by atoms with E-state index in [0.29, 0.717) is 29.2 Å². The fourth-order valence-electron chi connectivity index (χ4n) is 2.52. The second kappa shape index (κ2) is 6.67. The normalized spacial score (nSPS) is 10.8. The standard InChI is InChI=1S/C18H16N6O2/c1-24-11-13(10-21-24)17-23-15-3-2-14(8-16(15)26-17)22-18(25)20-9-12-4-6-19-7-5-12/h2-8,10-11H,9H2,1H3,(H2,20,22,25). The Morgan fingerprint density at radius 3 is 2.85 bits per heavy atom. The van der Waals surface area contributed by atoms with E-state index in [0.717, 1.165) is 11.1 Å². The van der Waals surface area contributed by atoms with Gasteiger partial charge >= 0.3 is 6.03 Å². The molecule has 4 rings (SSSR count). The number of amides is 2. The summed E-state index contributed by atoms with van der Waals surface area (Å²) in [6.07, 6.45) is 6.89. The second-order valence-electron chi connectivity index (χ2n) is 5.77. The SMILES string of the molecule is Cn1cc(-c2nc3ccc(NC(=O)NCc4ccncc4)cc3o2)cn1. The van der Waals surface area contributed by atoms with Crippen molar-refractivity contribution in [3.63, 3.8) is 0 Å². The number of nitrogens with zero attached hydrogens (tertiary/aromatic N) is 4. The molecule has 0 aliphatic rings. The van der Waals surface area contributed by atoms with E-state index in [4.69, 9.17) is 4.42 Å². The maximum absolute atomic E-state index is 12.1. The van der Waals surface area contributed by atoms with Crippen LogP contribution >= 0.6 is 0 Å². The molecule has 3 heterocycles. The van der Waals surface area contributed by atoms with Crippen LogP contribution in [-0.4, -0.2) is 25.8 Å². The minimum absolute atomic E-state index is 0.298. The highest BCUT2D eigenvalue weighted by molar-refractivity contribution is 5.91. The van der Waals surface area contributed by atoms with E-state index >= 15 is 0 Å². The lowest BCUT2D eigenvalue weighted by molar-refractivity contribution is 0.251. The molecule has 0 fully saturated rings. The van der Waals surface area contributed by atoms with Crippen molar-refractivity contribution in [2.45, 2.75) is 6.54 Å². The summed E-state index contributed by atoms with van der Waals surface area (Å²) in [5.74, 6) is 0.493. The van der Waals surface area contributed by atoms with Crippen LogP contribution in [0.4, 0.5) is 10.5 Å². The van der Waals surface area contributed by atoms with Gasteiger partial charge in [-0.2, -0.15) is 5.10 Å². The third kappa shape index (κ3) is 3.39. The molecule has 8 nitrogen and oxygen atoms in total. The fraction of sp³-hybridized carbons (Fsp3) is 0.111. The Hall–Kier alpha value is -3.68. The van der Waals surface area contributed by atoms with Crippen LogP contribution in [0.25, 0.3) is 22.6 Å². The van der Waals surface area contributed by atoms with Crippen molar-refractivity contribution in [2.75, 3.05) is 5.32 Å². The first kappa shape index (κ1) is 15.8. The smallest absolute Gasteiger partial charge is 0.319 e. The van der Waals surface area contributed by atoms with Crippen LogP contribution in [0.3, 0.4) is 0 Å². The molecule has 4 aromatic rings. The summed E-state index contributed by atoms with van der Waals surface area (Å²) in [7, 11) is 1.83. The van der Waals surface area contributed by atoms with Gasteiger partial charge in [-0.1, -0.05) is 0 Å². The van der Waals surface area contributed by atoms with Crippen molar-refractivity contribution in [1.29, 1.82) is 0 Å². The molecular weight excluding hydrogens is 332 g/mol. The molecule has 3 aromatic heterocycles. The molecule has 0 saturated carbocycles. The number of aryl methyl sites for hydroxylation is 1. The summed E-state index contributed by atoms with van der Waals surface area (Å²) in [6, 6.07) is 8.73. The molecule has 0 aliphatic carbocycles. The van der Waals surface area contributed by atoms with Crippen molar-refractivity contribution in [3.05, 3.63) is 60.7 Å². The average Bonchev–Trinajstić information content (AvgIpc) is 3.26. The molecular formula is C18H16N6O2. The van der Waals surface area contributed by atoms with Crippen LogP contribution in [0.5, 0.6) is 0 Å². The minimum Gasteiger partial charge on any atom is -0.436 e. The van der Waals surface area contributed by atoms with E-state index in [9.17, 15) is 4.79 Å². The summed E-state index contributed by atoms with van der Waals surface area (Å²) in [5.41, 5.74) is 3.70. The summed E-state index contributed by atoms with van der Waals surface area (Å²) in [4.78, 5) is 20.4. The highest BCUT2D eigenvalue weighted by Gasteiger charge is 2.11. The largest absolute Gasteiger partial charge is 0.436 e. The van der Waals surface area contributed by atoms with Gasteiger partial charge in [0.25, 0.3) is 0 Å². The maximum Gasteiger partial charge on any atom is 0.319 e. The molecule has 0 aliphatic heterocycles. The third-order valence-electron chi connectivity index (χ3n) is 3.80. The van der Waals surface area contributed by atoms with Crippen molar-refractivity contribution < 1.29 is 9.21 Å².